The Morgan fingerprint density at radius 1 is 1.17 bits per heavy atom. The summed E-state index contributed by atoms with van der Waals surface area (Å²) in [5, 5.41) is 0. The monoisotopic (exact) mass is 244 g/mol. The fraction of sp³-hybridized carbons (Fsp3) is 0.625. The van der Waals surface area contributed by atoms with Crippen LogP contribution in [0.1, 0.15) is 31.7 Å². The molecule has 0 aromatic heterocycles. The van der Waals surface area contributed by atoms with Crippen LogP contribution in [0.5, 0.6) is 0 Å². The van der Waals surface area contributed by atoms with Crippen LogP contribution in [0.2, 0.25) is 0 Å². The lowest BCUT2D eigenvalue weighted by atomic mass is 10.2. The number of rotatable bonds is 2. The first kappa shape index (κ1) is 12.0. The summed E-state index contributed by atoms with van der Waals surface area (Å²) in [5.74, 6) is 0. The second-order valence-corrected chi connectivity index (χ2v) is 5.96. The molecule has 1 aromatic carbocycles. The van der Waals surface area contributed by atoms with Crippen LogP contribution >= 0.6 is 0 Å². The molecule has 0 N–H and O–H groups in total. The van der Waals surface area contributed by atoms with Crippen molar-refractivity contribution >= 4 is 5.69 Å². The molecule has 2 aliphatic heterocycles. The van der Waals surface area contributed by atoms with Gasteiger partial charge in [0.1, 0.15) is 0 Å². The van der Waals surface area contributed by atoms with Gasteiger partial charge in [0.2, 0.25) is 0 Å². The average Bonchev–Trinajstić information content (AvgIpc) is 2.97. The zero-order valence-corrected chi connectivity index (χ0v) is 11.6. The van der Waals surface area contributed by atoms with Crippen molar-refractivity contribution in [2.45, 2.75) is 45.2 Å². The van der Waals surface area contributed by atoms with Gasteiger partial charge >= 0.3 is 0 Å². The van der Waals surface area contributed by atoms with E-state index < -0.39 is 0 Å². The maximum Gasteiger partial charge on any atom is 0.0369 e. The summed E-state index contributed by atoms with van der Waals surface area (Å²) >= 11 is 0. The number of aryl methyl sites for hydroxylation is 1. The highest BCUT2D eigenvalue weighted by Gasteiger charge is 2.32. The third kappa shape index (κ3) is 2.26. The summed E-state index contributed by atoms with van der Waals surface area (Å²) in [6.07, 6.45) is 4.11. The number of hydrogen-bond donors (Lipinski definition) is 0. The molecule has 2 heteroatoms. The summed E-state index contributed by atoms with van der Waals surface area (Å²) in [6.45, 7) is 8.32. The molecule has 18 heavy (non-hydrogen) atoms. The van der Waals surface area contributed by atoms with E-state index in [1.165, 1.54) is 50.1 Å². The Kier molecular flexibility index (Phi) is 3.29. The van der Waals surface area contributed by atoms with Crippen LogP contribution < -0.4 is 4.90 Å². The third-order valence-corrected chi connectivity index (χ3v) is 4.60. The molecule has 2 saturated heterocycles. The number of benzene rings is 1. The molecule has 2 atom stereocenters. The van der Waals surface area contributed by atoms with Gasteiger partial charge in [-0.05, 0) is 57.4 Å². The predicted molar refractivity (Wildman–Crippen MR) is 77.2 cm³/mol. The molecule has 0 aliphatic carbocycles. The summed E-state index contributed by atoms with van der Waals surface area (Å²) in [6, 6.07) is 10.5. The standard InChI is InChI=1S/C16H24N2/c1-13-5-3-7-15(11-13)17-10-8-16(12-17)18-9-4-6-14(18)2/h3,5,7,11,14,16H,4,6,8-10,12H2,1-2H3. The number of hydrogen-bond acceptors (Lipinski definition) is 2. The van der Waals surface area contributed by atoms with Crippen molar-refractivity contribution in [1.29, 1.82) is 0 Å². The van der Waals surface area contributed by atoms with E-state index in [4.69, 9.17) is 0 Å². The van der Waals surface area contributed by atoms with Crippen molar-refractivity contribution in [2.75, 3.05) is 24.5 Å². The van der Waals surface area contributed by atoms with Crippen LogP contribution in [-0.2, 0) is 0 Å². The van der Waals surface area contributed by atoms with Gasteiger partial charge in [-0.15, -0.1) is 0 Å². The van der Waals surface area contributed by atoms with Gasteiger partial charge in [0.25, 0.3) is 0 Å². The molecule has 0 amide bonds. The fourth-order valence-electron chi connectivity index (χ4n) is 3.57. The van der Waals surface area contributed by atoms with Crippen LogP contribution in [0.3, 0.4) is 0 Å². The highest BCUT2D eigenvalue weighted by Crippen LogP contribution is 2.28. The maximum atomic E-state index is 2.73. The van der Waals surface area contributed by atoms with E-state index in [9.17, 15) is 0 Å². The van der Waals surface area contributed by atoms with Gasteiger partial charge in [-0.3, -0.25) is 4.90 Å². The van der Waals surface area contributed by atoms with Crippen LogP contribution in [0, 0.1) is 6.92 Å². The fourth-order valence-corrected chi connectivity index (χ4v) is 3.57. The number of likely N-dealkylation sites (tertiary alicyclic amines) is 1. The largest absolute Gasteiger partial charge is 0.370 e. The van der Waals surface area contributed by atoms with Crippen LogP contribution in [0.4, 0.5) is 5.69 Å². The molecular formula is C16H24N2. The van der Waals surface area contributed by atoms with Crippen molar-refractivity contribution in [3.05, 3.63) is 29.8 Å². The smallest absolute Gasteiger partial charge is 0.0369 e. The van der Waals surface area contributed by atoms with Crippen LogP contribution in [0.15, 0.2) is 24.3 Å². The summed E-state index contributed by atoms with van der Waals surface area (Å²) in [7, 11) is 0. The Morgan fingerprint density at radius 3 is 2.78 bits per heavy atom. The van der Waals surface area contributed by atoms with Gasteiger partial charge in [0, 0.05) is 30.9 Å². The summed E-state index contributed by atoms with van der Waals surface area (Å²) < 4.78 is 0. The Morgan fingerprint density at radius 2 is 2.06 bits per heavy atom. The minimum atomic E-state index is 0.781. The highest BCUT2D eigenvalue weighted by molar-refractivity contribution is 5.49. The van der Waals surface area contributed by atoms with E-state index in [1.807, 2.05) is 0 Å². The molecule has 0 spiro atoms. The summed E-state index contributed by atoms with van der Waals surface area (Å²) in [5.41, 5.74) is 2.77. The van der Waals surface area contributed by atoms with Crippen molar-refractivity contribution in [3.8, 4) is 0 Å². The van der Waals surface area contributed by atoms with Gasteiger partial charge in [0.05, 0.1) is 0 Å². The number of anilines is 1. The SMILES string of the molecule is Cc1cccc(N2CCC(N3CCCC3C)C2)c1. The van der Waals surface area contributed by atoms with Crippen LogP contribution in [-0.4, -0.2) is 36.6 Å². The number of nitrogens with zero attached hydrogens (tertiary/aromatic N) is 2. The molecule has 2 heterocycles. The minimum absolute atomic E-state index is 0.781. The Hall–Kier alpha value is -1.02. The lowest BCUT2D eigenvalue weighted by Crippen LogP contribution is -2.39. The van der Waals surface area contributed by atoms with E-state index in [0.29, 0.717) is 0 Å². The lowest BCUT2D eigenvalue weighted by molar-refractivity contribution is 0.204. The van der Waals surface area contributed by atoms with Gasteiger partial charge < -0.3 is 4.90 Å². The average molecular weight is 244 g/mol. The van der Waals surface area contributed by atoms with Gasteiger partial charge in [-0.1, -0.05) is 12.1 Å². The molecule has 0 saturated carbocycles. The topological polar surface area (TPSA) is 6.48 Å². The molecule has 1 aromatic rings. The molecule has 2 aliphatic rings. The molecule has 2 nitrogen and oxygen atoms in total. The van der Waals surface area contributed by atoms with E-state index in [1.54, 1.807) is 0 Å². The Bertz CT molecular complexity index is 415. The van der Waals surface area contributed by atoms with Crippen molar-refractivity contribution in [1.82, 2.24) is 4.90 Å². The second-order valence-electron chi connectivity index (χ2n) is 5.96. The first-order valence-corrected chi connectivity index (χ1v) is 7.31. The van der Waals surface area contributed by atoms with E-state index in [0.717, 1.165) is 12.1 Å². The first-order chi connectivity index (χ1) is 8.74. The van der Waals surface area contributed by atoms with Crippen molar-refractivity contribution in [2.24, 2.45) is 0 Å². The van der Waals surface area contributed by atoms with E-state index in [2.05, 4.69) is 47.9 Å². The molecule has 2 fully saturated rings. The van der Waals surface area contributed by atoms with Gasteiger partial charge in [-0.2, -0.15) is 0 Å². The quantitative estimate of drug-likeness (QED) is 0.789. The van der Waals surface area contributed by atoms with E-state index in [-0.39, 0.29) is 0 Å². The van der Waals surface area contributed by atoms with Gasteiger partial charge in [-0.25, -0.2) is 0 Å². The molecule has 0 bridgehead atoms. The normalized spacial score (nSPS) is 29.1. The Balaban J connectivity index is 1.68. The molecular weight excluding hydrogens is 220 g/mol. The zero-order valence-electron chi connectivity index (χ0n) is 11.6. The molecule has 2 unspecified atom stereocenters. The van der Waals surface area contributed by atoms with Crippen molar-refractivity contribution in [3.63, 3.8) is 0 Å². The predicted octanol–water partition coefficient (Wildman–Crippen LogP) is 3.06. The van der Waals surface area contributed by atoms with Crippen LogP contribution in [0.25, 0.3) is 0 Å². The molecule has 0 radical (unpaired) electrons. The minimum Gasteiger partial charge on any atom is -0.370 e. The zero-order chi connectivity index (χ0) is 12.5. The lowest BCUT2D eigenvalue weighted by Gasteiger charge is -2.28. The molecule has 98 valence electrons. The van der Waals surface area contributed by atoms with E-state index >= 15 is 0 Å². The maximum absolute atomic E-state index is 2.73. The second kappa shape index (κ2) is 4.93. The highest BCUT2D eigenvalue weighted by atomic mass is 15.3. The third-order valence-electron chi connectivity index (χ3n) is 4.60. The van der Waals surface area contributed by atoms with Gasteiger partial charge in [0.15, 0.2) is 0 Å². The first-order valence-electron chi connectivity index (χ1n) is 7.31. The van der Waals surface area contributed by atoms with Crippen molar-refractivity contribution < 1.29 is 0 Å². The molecule has 3 rings (SSSR count). The Labute approximate surface area is 111 Å². The summed E-state index contributed by atoms with van der Waals surface area (Å²) in [4.78, 5) is 5.29.